The number of rotatable bonds is 5. The average molecular weight is 247 g/mol. The molecule has 0 amide bonds. The van der Waals surface area contributed by atoms with Crippen molar-refractivity contribution in [3.8, 4) is 5.75 Å². The number of Topliss-reactive ketones (excluding diaryl/α,β-unsaturated/α-hetero) is 1. The second kappa shape index (κ2) is 6.01. The highest BCUT2D eigenvalue weighted by Crippen LogP contribution is 2.27. The first-order valence-corrected chi connectivity index (χ1v) is 6.70. The molecule has 0 radical (unpaired) electrons. The topological polar surface area (TPSA) is 38.3 Å². The van der Waals surface area contributed by atoms with Crippen LogP contribution in [0.15, 0.2) is 18.2 Å². The molecule has 0 saturated carbocycles. The molecule has 0 bridgehead atoms. The molecule has 98 valence electrons. The van der Waals surface area contributed by atoms with Crippen LogP contribution in [0.3, 0.4) is 0 Å². The van der Waals surface area contributed by atoms with Gasteiger partial charge in [0.2, 0.25) is 0 Å². The van der Waals surface area contributed by atoms with Gasteiger partial charge in [-0.15, -0.1) is 0 Å². The minimum absolute atomic E-state index is 0.0444. The molecule has 1 aromatic carbocycles. The van der Waals surface area contributed by atoms with E-state index in [1.807, 2.05) is 25.1 Å². The van der Waals surface area contributed by atoms with Gasteiger partial charge < -0.3 is 10.1 Å². The highest BCUT2D eigenvalue weighted by atomic mass is 16.5. The number of aryl methyl sites for hydroxylation is 1. The second-order valence-corrected chi connectivity index (χ2v) is 4.93. The summed E-state index contributed by atoms with van der Waals surface area (Å²) in [4.78, 5) is 12.3. The van der Waals surface area contributed by atoms with Crippen LogP contribution < -0.4 is 10.1 Å². The molecular weight excluding hydrogens is 226 g/mol. The van der Waals surface area contributed by atoms with E-state index in [2.05, 4.69) is 12.2 Å². The van der Waals surface area contributed by atoms with Crippen molar-refractivity contribution in [3.05, 3.63) is 29.3 Å². The molecule has 0 aliphatic carbocycles. The van der Waals surface area contributed by atoms with E-state index in [-0.39, 0.29) is 11.7 Å². The fraction of sp³-hybridized carbons (Fsp3) is 0.533. The maximum absolute atomic E-state index is 12.3. The third kappa shape index (κ3) is 2.91. The molecule has 0 spiro atoms. The Labute approximate surface area is 109 Å². The SMILES string of the molecule is CCCCNC[C@H]1COc2cc(C)ccc2C1=O. The van der Waals surface area contributed by atoms with Crippen molar-refractivity contribution in [1.82, 2.24) is 5.32 Å². The van der Waals surface area contributed by atoms with Gasteiger partial charge in [-0.3, -0.25) is 4.79 Å². The standard InChI is InChI=1S/C15H21NO2/c1-3-4-7-16-9-12-10-18-14-8-11(2)5-6-13(14)15(12)17/h5-6,8,12,16H,3-4,7,9-10H2,1-2H3/t12-/m0/s1. The number of ketones is 1. The normalized spacial score (nSPS) is 18.3. The largest absolute Gasteiger partial charge is 0.492 e. The van der Waals surface area contributed by atoms with Crippen LogP contribution in [-0.2, 0) is 0 Å². The number of benzene rings is 1. The van der Waals surface area contributed by atoms with Gasteiger partial charge in [-0.05, 0) is 37.6 Å². The minimum Gasteiger partial charge on any atom is -0.492 e. The molecule has 0 fully saturated rings. The van der Waals surface area contributed by atoms with Crippen molar-refractivity contribution >= 4 is 5.78 Å². The molecule has 0 saturated heterocycles. The molecule has 1 aliphatic rings. The molecule has 3 nitrogen and oxygen atoms in total. The number of carbonyl (C=O) groups excluding carboxylic acids is 1. The number of unbranched alkanes of at least 4 members (excludes halogenated alkanes) is 1. The monoisotopic (exact) mass is 247 g/mol. The van der Waals surface area contributed by atoms with E-state index in [0.29, 0.717) is 13.2 Å². The molecule has 0 unspecified atom stereocenters. The third-order valence-electron chi connectivity index (χ3n) is 3.31. The Morgan fingerprint density at radius 2 is 2.28 bits per heavy atom. The van der Waals surface area contributed by atoms with Crippen LogP contribution >= 0.6 is 0 Å². The van der Waals surface area contributed by atoms with Crippen LogP contribution in [0.5, 0.6) is 5.75 Å². The van der Waals surface area contributed by atoms with Crippen LogP contribution in [0.4, 0.5) is 0 Å². The molecule has 0 aromatic heterocycles. The lowest BCUT2D eigenvalue weighted by molar-refractivity contribution is 0.0830. The minimum atomic E-state index is -0.0444. The Balaban J connectivity index is 1.98. The van der Waals surface area contributed by atoms with E-state index in [0.717, 1.165) is 29.8 Å². The summed E-state index contributed by atoms with van der Waals surface area (Å²) in [5.41, 5.74) is 1.86. The van der Waals surface area contributed by atoms with Gasteiger partial charge in [0.25, 0.3) is 0 Å². The van der Waals surface area contributed by atoms with E-state index in [1.54, 1.807) is 0 Å². The van der Waals surface area contributed by atoms with Crippen molar-refractivity contribution in [2.24, 2.45) is 5.92 Å². The third-order valence-corrected chi connectivity index (χ3v) is 3.31. The molecule has 1 aliphatic heterocycles. The Morgan fingerprint density at radius 1 is 1.44 bits per heavy atom. The van der Waals surface area contributed by atoms with E-state index in [9.17, 15) is 4.79 Å². The predicted molar refractivity (Wildman–Crippen MR) is 72.3 cm³/mol. The Morgan fingerprint density at radius 3 is 3.06 bits per heavy atom. The molecule has 1 N–H and O–H groups in total. The van der Waals surface area contributed by atoms with Gasteiger partial charge in [0.15, 0.2) is 5.78 Å². The van der Waals surface area contributed by atoms with Crippen molar-refractivity contribution in [3.63, 3.8) is 0 Å². The number of fused-ring (bicyclic) bond motifs is 1. The van der Waals surface area contributed by atoms with Crippen molar-refractivity contribution < 1.29 is 9.53 Å². The first kappa shape index (κ1) is 13.1. The van der Waals surface area contributed by atoms with E-state index in [4.69, 9.17) is 4.74 Å². The fourth-order valence-corrected chi connectivity index (χ4v) is 2.17. The van der Waals surface area contributed by atoms with Crippen molar-refractivity contribution in [1.29, 1.82) is 0 Å². The maximum Gasteiger partial charge on any atom is 0.174 e. The lowest BCUT2D eigenvalue weighted by atomic mass is 9.94. The summed E-state index contributed by atoms with van der Waals surface area (Å²) in [7, 11) is 0. The molecule has 1 aromatic rings. The number of hydrogen-bond acceptors (Lipinski definition) is 3. The van der Waals surface area contributed by atoms with Gasteiger partial charge in [-0.1, -0.05) is 19.4 Å². The summed E-state index contributed by atoms with van der Waals surface area (Å²) in [5.74, 6) is 0.905. The molecule has 2 rings (SSSR count). The zero-order valence-corrected chi connectivity index (χ0v) is 11.2. The first-order valence-electron chi connectivity index (χ1n) is 6.70. The van der Waals surface area contributed by atoms with Crippen LogP contribution in [0, 0.1) is 12.8 Å². The van der Waals surface area contributed by atoms with Gasteiger partial charge in [0.05, 0.1) is 18.1 Å². The second-order valence-electron chi connectivity index (χ2n) is 4.93. The van der Waals surface area contributed by atoms with E-state index >= 15 is 0 Å². The zero-order chi connectivity index (χ0) is 13.0. The van der Waals surface area contributed by atoms with Gasteiger partial charge in [0.1, 0.15) is 5.75 Å². The van der Waals surface area contributed by atoms with Crippen LogP contribution in [-0.4, -0.2) is 25.5 Å². The summed E-state index contributed by atoms with van der Waals surface area (Å²) in [6.45, 7) is 6.35. The quantitative estimate of drug-likeness (QED) is 0.813. The number of ether oxygens (including phenoxy) is 1. The van der Waals surface area contributed by atoms with Gasteiger partial charge in [-0.25, -0.2) is 0 Å². The maximum atomic E-state index is 12.3. The summed E-state index contributed by atoms with van der Waals surface area (Å²) in [6.07, 6.45) is 2.32. The lowest BCUT2D eigenvalue weighted by Crippen LogP contribution is -2.36. The highest BCUT2D eigenvalue weighted by Gasteiger charge is 2.28. The first-order chi connectivity index (χ1) is 8.72. The summed E-state index contributed by atoms with van der Waals surface area (Å²) in [6, 6.07) is 5.78. The Hall–Kier alpha value is -1.35. The molecule has 1 atom stereocenters. The van der Waals surface area contributed by atoms with E-state index < -0.39 is 0 Å². The average Bonchev–Trinajstić information content (AvgIpc) is 2.37. The molecule has 1 heterocycles. The molecule has 18 heavy (non-hydrogen) atoms. The molecule has 3 heteroatoms. The Kier molecular flexibility index (Phi) is 4.37. The van der Waals surface area contributed by atoms with Crippen LogP contribution in [0.2, 0.25) is 0 Å². The van der Waals surface area contributed by atoms with Crippen molar-refractivity contribution in [2.45, 2.75) is 26.7 Å². The summed E-state index contributed by atoms with van der Waals surface area (Å²) >= 11 is 0. The fourth-order valence-electron chi connectivity index (χ4n) is 2.17. The number of hydrogen-bond donors (Lipinski definition) is 1. The van der Waals surface area contributed by atoms with Gasteiger partial charge in [-0.2, -0.15) is 0 Å². The predicted octanol–water partition coefficient (Wildman–Crippen LogP) is 2.58. The number of carbonyl (C=O) groups is 1. The zero-order valence-electron chi connectivity index (χ0n) is 11.2. The van der Waals surface area contributed by atoms with Crippen LogP contribution in [0.1, 0.15) is 35.7 Å². The summed E-state index contributed by atoms with van der Waals surface area (Å²) < 4.78 is 5.68. The van der Waals surface area contributed by atoms with E-state index in [1.165, 1.54) is 6.42 Å². The highest BCUT2D eigenvalue weighted by molar-refractivity contribution is 6.01. The van der Waals surface area contributed by atoms with Crippen molar-refractivity contribution in [2.75, 3.05) is 19.7 Å². The Bertz CT molecular complexity index is 429. The smallest absolute Gasteiger partial charge is 0.174 e. The van der Waals surface area contributed by atoms with Gasteiger partial charge in [0, 0.05) is 6.54 Å². The van der Waals surface area contributed by atoms with Gasteiger partial charge >= 0.3 is 0 Å². The van der Waals surface area contributed by atoms with Crippen LogP contribution in [0.25, 0.3) is 0 Å². The number of nitrogens with one attached hydrogen (secondary N) is 1. The summed E-state index contributed by atoms with van der Waals surface area (Å²) in [5, 5.41) is 3.33. The molecular formula is C15H21NO2. The lowest BCUT2D eigenvalue weighted by Gasteiger charge is -2.24.